The van der Waals surface area contributed by atoms with E-state index in [1.54, 1.807) is 24.3 Å². The third-order valence-electron chi connectivity index (χ3n) is 3.59. The Labute approximate surface area is 133 Å². The van der Waals surface area contributed by atoms with Gasteiger partial charge in [-0.15, -0.1) is 0 Å². The molecule has 1 heterocycles. The van der Waals surface area contributed by atoms with E-state index >= 15 is 0 Å². The molecule has 0 spiro atoms. The zero-order valence-corrected chi connectivity index (χ0v) is 12.4. The van der Waals surface area contributed by atoms with Gasteiger partial charge in [0, 0.05) is 22.8 Å². The molecule has 1 aromatic heterocycles. The number of aromatic amines is 1. The second-order valence-electron chi connectivity index (χ2n) is 5.36. The molecule has 3 N–H and O–H groups in total. The first kappa shape index (κ1) is 14.8. The van der Waals surface area contributed by atoms with E-state index in [1.807, 2.05) is 30.5 Å². The molecule has 0 aliphatic carbocycles. The minimum absolute atomic E-state index is 0.0633. The summed E-state index contributed by atoms with van der Waals surface area (Å²) in [5.74, 6) is -1.03. The first-order valence-corrected chi connectivity index (χ1v) is 7.27. The summed E-state index contributed by atoms with van der Waals surface area (Å²) in [6.45, 7) is 0. The Balaban J connectivity index is 1.71. The molecule has 23 heavy (non-hydrogen) atoms. The summed E-state index contributed by atoms with van der Waals surface area (Å²) in [6.07, 6.45) is 2.03. The van der Waals surface area contributed by atoms with E-state index in [0.29, 0.717) is 11.3 Å². The number of carboxylic acid groups (broad SMARTS) is 1. The lowest BCUT2D eigenvalue weighted by atomic mass is 10.1. The normalized spacial score (nSPS) is 10.6. The fourth-order valence-corrected chi connectivity index (χ4v) is 2.59. The summed E-state index contributed by atoms with van der Waals surface area (Å²) in [5, 5.41) is 12.7. The van der Waals surface area contributed by atoms with Crippen molar-refractivity contribution in [1.82, 2.24) is 4.98 Å². The van der Waals surface area contributed by atoms with Gasteiger partial charge in [0.25, 0.3) is 0 Å². The number of benzene rings is 2. The van der Waals surface area contributed by atoms with Crippen molar-refractivity contribution in [3.8, 4) is 0 Å². The number of amides is 1. The summed E-state index contributed by atoms with van der Waals surface area (Å²) in [4.78, 5) is 26.1. The lowest BCUT2D eigenvalue weighted by Gasteiger charge is -2.06. The molecule has 1 amide bonds. The number of aliphatic carboxylic acids is 1. The summed E-state index contributed by atoms with van der Waals surface area (Å²) < 4.78 is 0. The zero-order chi connectivity index (χ0) is 16.2. The molecule has 3 aromatic rings. The molecule has 2 aromatic carbocycles. The van der Waals surface area contributed by atoms with Crippen LogP contribution in [0, 0.1) is 0 Å². The van der Waals surface area contributed by atoms with Gasteiger partial charge in [0.15, 0.2) is 0 Å². The Hall–Kier alpha value is -3.08. The number of fused-ring (bicyclic) bond motifs is 1. The highest BCUT2D eigenvalue weighted by Gasteiger charge is 2.09. The molecule has 116 valence electrons. The minimum atomic E-state index is -0.896. The van der Waals surface area contributed by atoms with Crippen molar-refractivity contribution in [1.29, 1.82) is 0 Å². The van der Waals surface area contributed by atoms with Crippen LogP contribution in [-0.2, 0) is 22.4 Å². The largest absolute Gasteiger partial charge is 0.481 e. The molecule has 0 aliphatic heterocycles. The van der Waals surface area contributed by atoms with Gasteiger partial charge in [-0.1, -0.05) is 30.3 Å². The topological polar surface area (TPSA) is 82.2 Å². The summed E-state index contributed by atoms with van der Waals surface area (Å²) in [5.41, 5.74) is 3.19. The van der Waals surface area contributed by atoms with E-state index in [4.69, 9.17) is 5.11 Å². The fourth-order valence-electron chi connectivity index (χ4n) is 2.59. The maximum absolute atomic E-state index is 12.2. The number of H-pyrrole nitrogens is 1. The molecule has 3 rings (SSSR count). The molecular formula is C18H16N2O3. The molecule has 0 fully saturated rings. The van der Waals surface area contributed by atoms with Crippen molar-refractivity contribution in [2.45, 2.75) is 12.8 Å². The van der Waals surface area contributed by atoms with Crippen molar-refractivity contribution in [2.24, 2.45) is 0 Å². The van der Waals surface area contributed by atoms with Crippen LogP contribution in [0.5, 0.6) is 0 Å². The van der Waals surface area contributed by atoms with Crippen molar-refractivity contribution in [3.05, 3.63) is 65.9 Å². The Bertz CT molecular complexity index is 867. The maximum atomic E-state index is 12.2. The molecule has 0 bridgehead atoms. The molecule has 0 radical (unpaired) electrons. The van der Waals surface area contributed by atoms with Crippen LogP contribution in [0.25, 0.3) is 10.9 Å². The van der Waals surface area contributed by atoms with Crippen molar-refractivity contribution < 1.29 is 14.7 Å². The maximum Gasteiger partial charge on any atom is 0.307 e. The number of aromatic nitrogens is 1. The monoisotopic (exact) mass is 308 g/mol. The van der Waals surface area contributed by atoms with Gasteiger partial charge in [0.05, 0.1) is 12.8 Å². The van der Waals surface area contributed by atoms with Gasteiger partial charge >= 0.3 is 5.97 Å². The average molecular weight is 308 g/mol. The van der Waals surface area contributed by atoms with Gasteiger partial charge in [-0.2, -0.15) is 0 Å². The number of hydrogen-bond acceptors (Lipinski definition) is 2. The smallest absolute Gasteiger partial charge is 0.307 e. The lowest BCUT2D eigenvalue weighted by molar-refractivity contribution is -0.136. The highest BCUT2D eigenvalue weighted by Crippen LogP contribution is 2.19. The Morgan fingerprint density at radius 3 is 2.70 bits per heavy atom. The van der Waals surface area contributed by atoms with E-state index in [9.17, 15) is 9.59 Å². The number of nitrogens with one attached hydrogen (secondary N) is 2. The van der Waals surface area contributed by atoms with Crippen molar-refractivity contribution in [2.75, 3.05) is 5.32 Å². The van der Waals surface area contributed by atoms with Gasteiger partial charge < -0.3 is 15.4 Å². The predicted molar refractivity (Wildman–Crippen MR) is 88.4 cm³/mol. The number of rotatable bonds is 5. The number of carboxylic acids is 1. The highest BCUT2D eigenvalue weighted by molar-refractivity contribution is 5.95. The van der Waals surface area contributed by atoms with Crippen LogP contribution < -0.4 is 5.32 Å². The molecule has 0 saturated heterocycles. The third kappa shape index (κ3) is 3.58. The van der Waals surface area contributed by atoms with Gasteiger partial charge in [-0.05, 0) is 29.3 Å². The van der Waals surface area contributed by atoms with Crippen molar-refractivity contribution in [3.63, 3.8) is 0 Å². The molecular weight excluding hydrogens is 292 g/mol. The summed E-state index contributed by atoms with van der Waals surface area (Å²) in [7, 11) is 0. The molecule has 0 saturated carbocycles. The molecule has 0 unspecified atom stereocenters. The van der Waals surface area contributed by atoms with Crippen molar-refractivity contribution >= 4 is 28.5 Å². The van der Waals surface area contributed by atoms with Gasteiger partial charge in [-0.25, -0.2) is 0 Å². The molecule has 0 aliphatic rings. The highest BCUT2D eigenvalue weighted by atomic mass is 16.4. The summed E-state index contributed by atoms with van der Waals surface area (Å²) >= 11 is 0. The van der Waals surface area contributed by atoms with E-state index in [0.717, 1.165) is 16.5 Å². The second kappa shape index (κ2) is 6.36. The standard InChI is InChI=1S/C18H16N2O3/c21-17(10-13-11-19-16-7-2-1-6-15(13)16)20-14-5-3-4-12(8-14)9-18(22)23/h1-8,11,19H,9-10H2,(H,20,21)(H,22,23). The Morgan fingerprint density at radius 1 is 1.04 bits per heavy atom. The second-order valence-corrected chi connectivity index (χ2v) is 5.36. The van der Waals surface area contributed by atoms with Crippen LogP contribution >= 0.6 is 0 Å². The first-order valence-electron chi connectivity index (χ1n) is 7.27. The van der Waals surface area contributed by atoms with E-state index in [2.05, 4.69) is 10.3 Å². The summed E-state index contributed by atoms with van der Waals surface area (Å²) in [6, 6.07) is 14.7. The Morgan fingerprint density at radius 2 is 1.87 bits per heavy atom. The number of para-hydroxylation sites is 1. The fraction of sp³-hybridized carbons (Fsp3) is 0.111. The third-order valence-corrected chi connectivity index (χ3v) is 3.59. The van der Waals surface area contributed by atoms with Gasteiger partial charge in [-0.3, -0.25) is 9.59 Å². The van der Waals surface area contributed by atoms with Crippen LogP contribution in [0.3, 0.4) is 0 Å². The van der Waals surface area contributed by atoms with Crippen LogP contribution in [0.4, 0.5) is 5.69 Å². The van der Waals surface area contributed by atoms with Gasteiger partial charge in [0.1, 0.15) is 0 Å². The van der Waals surface area contributed by atoms with Gasteiger partial charge in [0.2, 0.25) is 5.91 Å². The number of anilines is 1. The molecule has 0 atom stereocenters. The first-order chi connectivity index (χ1) is 11.1. The predicted octanol–water partition coefficient (Wildman–Crippen LogP) is 2.98. The lowest BCUT2D eigenvalue weighted by Crippen LogP contribution is -2.14. The quantitative estimate of drug-likeness (QED) is 0.677. The molecule has 5 heteroatoms. The number of carbonyl (C=O) groups is 2. The van der Waals surface area contributed by atoms with Crippen LogP contribution in [0.15, 0.2) is 54.7 Å². The van der Waals surface area contributed by atoms with E-state index in [-0.39, 0.29) is 18.7 Å². The molecule has 5 nitrogen and oxygen atoms in total. The SMILES string of the molecule is O=C(O)Cc1cccc(NC(=O)Cc2c[nH]c3ccccc23)c1. The van der Waals surface area contributed by atoms with Crippen LogP contribution in [0.2, 0.25) is 0 Å². The average Bonchev–Trinajstić information content (AvgIpc) is 2.90. The number of hydrogen-bond donors (Lipinski definition) is 3. The van der Waals surface area contributed by atoms with Crippen LogP contribution in [0.1, 0.15) is 11.1 Å². The zero-order valence-electron chi connectivity index (χ0n) is 12.4. The minimum Gasteiger partial charge on any atom is -0.481 e. The number of carbonyl (C=O) groups excluding carboxylic acids is 1. The van der Waals surface area contributed by atoms with Crippen LogP contribution in [-0.4, -0.2) is 22.0 Å². The van der Waals surface area contributed by atoms with E-state index < -0.39 is 5.97 Å². The Kier molecular flexibility index (Phi) is 4.10. The van der Waals surface area contributed by atoms with E-state index in [1.165, 1.54) is 0 Å².